The molecule has 2 unspecified atom stereocenters. The summed E-state index contributed by atoms with van der Waals surface area (Å²) in [5, 5.41) is 23.3. The quantitative estimate of drug-likeness (QED) is 0.0320. The van der Waals surface area contributed by atoms with Gasteiger partial charge in [0.2, 0.25) is 5.91 Å². The molecule has 2 atom stereocenters. The van der Waals surface area contributed by atoms with Crippen molar-refractivity contribution in [2.45, 2.75) is 443 Å². The molecule has 0 spiro atoms. The van der Waals surface area contributed by atoms with Gasteiger partial charge < -0.3 is 20.3 Å². The van der Waals surface area contributed by atoms with Crippen molar-refractivity contribution in [1.29, 1.82) is 0 Å². The highest BCUT2D eigenvalue weighted by atomic mass is 16.5. The van der Waals surface area contributed by atoms with Gasteiger partial charge in [0.15, 0.2) is 0 Å². The average Bonchev–Trinajstić information content (AvgIpc) is 3.47. The van der Waals surface area contributed by atoms with Crippen molar-refractivity contribution in [2.24, 2.45) is 0 Å². The Labute approximate surface area is 508 Å². The van der Waals surface area contributed by atoms with Gasteiger partial charge in [-0.05, 0) is 32.1 Å². The molecule has 0 aromatic rings. The van der Waals surface area contributed by atoms with Gasteiger partial charge in [-0.15, -0.1) is 0 Å². The number of hydrogen-bond acceptors (Lipinski definition) is 5. The third kappa shape index (κ3) is 67.6. The number of amides is 1. The summed E-state index contributed by atoms with van der Waals surface area (Å²) in [6, 6.07) is -0.626. The lowest BCUT2D eigenvalue weighted by molar-refractivity contribution is -0.143. The van der Waals surface area contributed by atoms with Crippen molar-refractivity contribution in [2.75, 3.05) is 13.2 Å². The first kappa shape index (κ1) is 79.6. The Morgan fingerprint density at radius 1 is 0.333 bits per heavy atom. The topological polar surface area (TPSA) is 95.9 Å². The van der Waals surface area contributed by atoms with Crippen LogP contribution in [0.2, 0.25) is 0 Å². The molecule has 482 valence electrons. The zero-order chi connectivity index (χ0) is 58.5. The van der Waals surface area contributed by atoms with Gasteiger partial charge >= 0.3 is 5.97 Å². The number of allylic oxidation sites excluding steroid dienone is 1. The fourth-order valence-corrected chi connectivity index (χ4v) is 12.1. The molecule has 0 bridgehead atoms. The van der Waals surface area contributed by atoms with Crippen LogP contribution in [-0.2, 0) is 14.3 Å². The minimum atomic E-state index is -0.843. The van der Waals surface area contributed by atoms with Crippen LogP contribution in [0.5, 0.6) is 0 Å². The second kappa shape index (κ2) is 71.1. The van der Waals surface area contributed by atoms with Gasteiger partial charge in [0.25, 0.3) is 0 Å². The van der Waals surface area contributed by atoms with E-state index in [2.05, 4.69) is 19.2 Å². The smallest absolute Gasteiger partial charge is 0.305 e. The van der Waals surface area contributed by atoms with Gasteiger partial charge in [-0.25, -0.2) is 0 Å². The average molecular weight is 1140 g/mol. The zero-order valence-electron chi connectivity index (χ0n) is 55.3. The van der Waals surface area contributed by atoms with Crippen LogP contribution in [0.15, 0.2) is 12.2 Å². The molecule has 0 fully saturated rings. The number of aliphatic hydroxyl groups excluding tert-OH is 2. The molecule has 0 aromatic heterocycles. The Bertz CT molecular complexity index is 1220. The number of carbonyl (C=O) groups excluding carboxylic acids is 2. The molecule has 0 aliphatic carbocycles. The summed E-state index contributed by atoms with van der Waals surface area (Å²) >= 11 is 0. The molecule has 81 heavy (non-hydrogen) atoms. The molecule has 0 aromatic carbocycles. The van der Waals surface area contributed by atoms with Crippen LogP contribution in [0.25, 0.3) is 0 Å². The predicted molar refractivity (Wildman–Crippen MR) is 357 cm³/mol. The molecule has 0 saturated carbocycles. The molecule has 1 amide bonds. The fourth-order valence-electron chi connectivity index (χ4n) is 12.1. The first-order chi connectivity index (χ1) is 40.0. The summed E-state index contributed by atoms with van der Waals surface area (Å²) in [4.78, 5) is 24.6. The lowest BCUT2D eigenvalue weighted by Gasteiger charge is -2.20. The number of carbonyl (C=O) groups is 2. The molecule has 0 heterocycles. The largest absolute Gasteiger partial charge is 0.466 e. The molecule has 0 aliphatic heterocycles. The molecule has 3 N–H and O–H groups in total. The molecule has 0 aliphatic rings. The number of rotatable bonds is 71. The molecule has 6 heteroatoms. The van der Waals surface area contributed by atoms with Crippen LogP contribution in [-0.4, -0.2) is 47.4 Å². The highest BCUT2D eigenvalue weighted by Gasteiger charge is 2.18. The maximum absolute atomic E-state index is 12.5. The Hall–Kier alpha value is -1.40. The van der Waals surface area contributed by atoms with Crippen LogP contribution in [0.4, 0.5) is 0 Å². The Balaban J connectivity index is 3.36. The van der Waals surface area contributed by atoms with Gasteiger partial charge in [0.1, 0.15) is 0 Å². The summed E-state index contributed by atoms with van der Waals surface area (Å²) in [7, 11) is 0. The van der Waals surface area contributed by atoms with Gasteiger partial charge in [-0.3, -0.25) is 9.59 Å². The number of hydrogen-bond donors (Lipinski definition) is 3. The number of aliphatic hydroxyl groups is 2. The number of ether oxygens (including phenoxy) is 1. The number of nitrogens with one attached hydrogen (secondary N) is 1. The van der Waals surface area contributed by atoms with E-state index < -0.39 is 12.1 Å². The van der Waals surface area contributed by atoms with Gasteiger partial charge in [-0.2, -0.15) is 0 Å². The van der Waals surface area contributed by atoms with E-state index in [-0.39, 0.29) is 18.5 Å². The number of unbranched alkanes of at least 4 members (excludes halogenated alkanes) is 60. The second-order valence-corrected chi connectivity index (χ2v) is 26.0. The van der Waals surface area contributed by atoms with Crippen LogP contribution in [0.1, 0.15) is 431 Å². The standard InChI is InChI=1S/C75H147NO5/c1-3-5-7-9-11-13-15-17-19-20-21-30-33-36-40-43-47-51-55-59-63-67-73(78)72(71-77)76-74(79)68-64-60-56-52-48-44-41-37-34-31-28-26-24-22-23-25-27-29-32-35-38-42-46-50-54-58-62-66-70-81-75(80)69-65-61-57-53-49-45-39-18-16-14-12-10-8-6-4-2/h63,67,72-73,77-78H,3-62,64-66,68-71H2,1-2H3,(H,76,79)/b67-63+. The van der Waals surface area contributed by atoms with Crippen molar-refractivity contribution < 1.29 is 24.5 Å². The lowest BCUT2D eigenvalue weighted by atomic mass is 10.0. The summed E-state index contributed by atoms with van der Waals surface area (Å²) in [6.45, 7) is 4.96. The van der Waals surface area contributed by atoms with E-state index in [0.29, 0.717) is 19.4 Å². The van der Waals surface area contributed by atoms with E-state index in [0.717, 1.165) is 38.5 Å². The predicted octanol–water partition coefficient (Wildman–Crippen LogP) is 24.3. The van der Waals surface area contributed by atoms with Crippen LogP contribution in [0, 0.1) is 0 Å². The van der Waals surface area contributed by atoms with Crippen molar-refractivity contribution in [3.05, 3.63) is 12.2 Å². The molecule has 6 nitrogen and oxygen atoms in total. The van der Waals surface area contributed by atoms with Crippen molar-refractivity contribution in [1.82, 2.24) is 5.32 Å². The van der Waals surface area contributed by atoms with Crippen LogP contribution in [0.3, 0.4) is 0 Å². The minimum Gasteiger partial charge on any atom is -0.466 e. The van der Waals surface area contributed by atoms with Gasteiger partial charge in [0.05, 0.1) is 25.4 Å². The first-order valence-corrected chi connectivity index (χ1v) is 37.5. The van der Waals surface area contributed by atoms with E-state index in [4.69, 9.17) is 4.74 Å². The molecule has 0 radical (unpaired) electrons. The van der Waals surface area contributed by atoms with Crippen molar-refractivity contribution in [3.8, 4) is 0 Å². The Morgan fingerprint density at radius 3 is 0.840 bits per heavy atom. The third-order valence-corrected chi connectivity index (χ3v) is 17.8. The zero-order valence-corrected chi connectivity index (χ0v) is 55.3. The normalized spacial score (nSPS) is 12.5. The molecular formula is C75H147NO5. The summed E-state index contributed by atoms with van der Waals surface area (Å²) in [5.74, 6) is -0.0373. The maximum atomic E-state index is 12.5. The van der Waals surface area contributed by atoms with Crippen LogP contribution < -0.4 is 5.32 Å². The van der Waals surface area contributed by atoms with Gasteiger partial charge in [0, 0.05) is 12.8 Å². The highest BCUT2D eigenvalue weighted by molar-refractivity contribution is 5.76. The monoisotopic (exact) mass is 1140 g/mol. The Morgan fingerprint density at radius 2 is 0.568 bits per heavy atom. The van der Waals surface area contributed by atoms with Crippen LogP contribution >= 0.6 is 0 Å². The van der Waals surface area contributed by atoms with E-state index in [9.17, 15) is 19.8 Å². The van der Waals surface area contributed by atoms with E-state index in [1.165, 1.54) is 366 Å². The van der Waals surface area contributed by atoms with Gasteiger partial charge in [-0.1, -0.05) is 398 Å². The second-order valence-electron chi connectivity index (χ2n) is 26.0. The summed E-state index contributed by atoms with van der Waals surface area (Å²) in [6.07, 6.45) is 88.8. The SMILES string of the molecule is CCCCCCCCCCCCCCCCCCCCC/C=C/C(O)C(CO)NC(=O)CCCCCCCCCCCCCCCCCCCCCCCCCCCCCCOC(=O)CCCCCCCCCCCCCCCCC. The van der Waals surface area contributed by atoms with E-state index >= 15 is 0 Å². The first-order valence-electron chi connectivity index (χ1n) is 37.5. The third-order valence-electron chi connectivity index (χ3n) is 17.8. The Kier molecular flexibility index (Phi) is 69.9. The lowest BCUT2D eigenvalue weighted by Crippen LogP contribution is -2.45. The molecule has 0 rings (SSSR count). The van der Waals surface area contributed by atoms with Crippen molar-refractivity contribution >= 4 is 11.9 Å². The molecular weight excluding hydrogens is 995 g/mol. The van der Waals surface area contributed by atoms with E-state index in [1.807, 2.05) is 6.08 Å². The maximum Gasteiger partial charge on any atom is 0.305 e. The minimum absolute atomic E-state index is 0.0225. The highest BCUT2D eigenvalue weighted by Crippen LogP contribution is 2.20. The molecule has 0 saturated heterocycles. The summed E-state index contributed by atoms with van der Waals surface area (Å²) < 4.78 is 5.50. The fraction of sp³-hybridized carbons (Fsp3) is 0.947. The van der Waals surface area contributed by atoms with Crippen molar-refractivity contribution in [3.63, 3.8) is 0 Å². The van der Waals surface area contributed by atoms with E-state index in [1.54, 1.807) is 6.08 Å². The summed E-state index contributed by atoms with van der Waals surface area (Å²) in [5.41, 5.74) is 0. The number of esters is 1.